The Kier molecular flexibility index (Phi) is 6.44. The summed E-state index contributed by atoms with van der Waals surface area (Å²) in [4.78, 5) is 12.1. The van der Waals surface area contributed by atoms with E-state index in [2.05, 4.69) is 62.2 Å². The van der Waals surface area contributed by atoms with Gasteiger partial charge in [-0.15, -0.1) is 11.1 Å². The summed E-state index contributed by atoms with van der Waals surface area (Å²) in [5.41, 5.74) is 8.85. The number of carbonyl (C=O) groups excluding carboxylic acids is 1. The number of benzene rings is 1. The average molecular weight is 343 g/mol. The van der Waals surface area contributed by atoms with E-state index in [4.69, 9.17) is 4.74 Å². The molecule has 2 nitrogen and oxygen atoms in total. The monoisotopic (exact) mass is 342 g/mol. The Morgan fingerprint density at radius 1 is 0.913 bits per heavy atom. The third kappa shape index (κ3) is 7.88. The number of rotatable bonds is 2. The van der Waals surface area contributed by atoms with E-state index in [1.807, 2.05) is 6.07 Å². The fourth-order valence-electron chi connectivity index (χ4n) is 1.62. The number of carbonyl (C=O) groups is 1. The van der Waals surface area contributed by atoms with Crippen LogP contribution in [0.2, 0.25) is 39.3 Å². The van der Waals surface area contributed by atoms with Crippen LogP contribution in [0, 0.1) is 22.9 Å². The zero-order valence-electron chi connectivity index (χ0n) is 15.3. The number of hydrogen-bond donors (Lipinski definition) is 0. The largest absolute Gasteiger partial charge is 0.462 e. The summed E-state index contributed by atoms with van der Waals surface area (Å²) >= 11 is 0. The standard InChI is InChI=1S/C19H26O2Si2/c1-8-21-19(20)18-14-16(9-11-22(2,3)4)13-17(15-18)10-12-23(5,6)7/h13-15H,8H2,1-7H3. The SMILES string of the molecule is CCOC(=O)c1cc(C#C[Si](C)(C)C)cc(C#C[Si](C)(C)C)c1. The minimum atomic E-state index is -1.47. The van der Waals surface area contributed by atoms with E-state index in [1.54, 1.807) is 19.1 Å². The average Bonchev–Trinajstić information content (AvgIpc) is 2.41. The van der Waals surface area contributed by atoms with Crippen molar-refractivity contribution < 1.29 is 9.53 Å². The molecule has 122 valence electrons. The summed E-state index contributed by atoms with van der Waals surface area (Å²) in [6.45, 7) is 15.3. The van der Waals surface area contributed by atoms with Crippen LogP contribution < -0.4 is 0 Å². The minimum Gasteiger partial charge on any atom is -0.462 e. The molecule has 0 aliphatic heterocycles. The summed E-state index contributed by atoms with van der Waals surface area (Å²) in [6.07, 6.45) is 0. The van der Waals surface area contributed by atoms with Gasteiger partial charge in [0.1, 0.15) is 16.1 Å². The Hall–Kier alpha value is -1.76. The number of ether oxygens (including phenoxy) is 1. The van der Waals surface area contributed by atoms with E-state index in [9.17, 15) is 4.79 Å². The predicted octanol–water partition coefficient (Wildman–Crippen LogP) is 4.32. The summed E-state index contributed by atoms with van der Waals surface area (Å²) in [5.74, 6) is 6.09. The highest BCUT2D eigenvalue weighted by Gasteiger charge is 2.11. The molecule has 4 heteroatoms. The first-order valence-corrected chi connectivity index (χ1v) is 14.9. The molecule has 0 saturated heterocycles. The fraction of sp³-hybridized carbons (Fsp3) is 0.421. The molecular formula is C19H26O2Si2. The topological polar surface area (TPSA) is 26.3 Å². The lowest BCUT2D eigenvalue weighted by Crippen LogP contribution is -2.16. The van der Waals surface area contributed by atoms with Crippen LogP contribution in [0.25, 0.3) is 0 Å². The number of esters is 1. The van der Waals surface area contributed by atoms with E-state index in [0.29, 0.717) is 12.2 Å². The van der Waals surface area contributed by atoms with E-state index >= 15 is 0 Å². The van der Waals surface area contributed by atoms with Crippen molar-refractivity contribution in [2.45, 2.75) is 46.2 Å². The molecule has 0 heterocycles. The highest BCUT2D eigenvalue weighted by molar-refractivity contribution is 6.84. The molecule has 0 atom stereocenters. The van der Waals surface area contributed by atoms with Crippen LogP contribution in [-0.4, -0.2) is 28.7 Å². The van der Waals surface area contributed by atoms with Crippen LogP contribution in [-0.2, 0) is 4.74 Å². The van der Waals surface area contributed by atoms with E-state index < -0.39 is 16.1 Å². The van der Waals surface area contributed by atoms with Crippen LogP contribution in [0.1, 0.15) is 28.4 Å². The third-order valence-corrected chi connectivity index (χ3v) is 4.36. The molecule has 0 bridgehead atoms. The smallest absolute Gasteiger partial charge is 0.338 e. The zero-order chi connectivity index (χ0) is 17.7. The van der Waals surface area contributed by atoms with Gasteiger partial charge in [-0.05, 0) is 25.1 Å². The lowest BCUT2D eigenvalue weighted by atomic mass is 10.1. The molecule has 23 heavy (non-hydrogen) atoms. The molecule has 0 unspecified atom stereocenters. The maximum absolute atomic E-state index is 12.1. The van der Waals surface area contributed by atoms with Crippen molar-refractivity contribution in [1.82, 2.24) is 0 Å². The van der Waals surface area contributed by atoms with Gasteiger partial charge in [-0.3, -0.25) is 0 Å². The first-order chi connectivity index (χ1) is 10.5. The van der Waals surface area contributed by atoms with E-state index in [-0.39, 0.29) is 5.97 Å². The molecule has 0 saturated carbocycles. The summed E-state index contributed by atoms with van der Waals surface area (Å²) < 4.78 is 5.11. The Labute approximate surface area is 142 Å². The van der Waals surface area contributed by atoms with Gasteiger partial charge in [-0.2, -0.15) is 0 Å². The lowest BCUT2D eigenvalue weighted by molar-refractivity contribution is 0.0526. The van der Waals surface area contributed by atoms with Crippen LogP contribution >= 0.6 is 0 Å². The van der Waals surface area contributed by atoms with Gasteiger partial charge in [0, 0.05) is 11.1 Å². The van der Waals surface area contributed by atoms with Crippen LogP contribution in [0.3, 0.4) is 0 Å². The summed E-state index contributed by atoms with van der Waals surface area (Å²) in [7, 11) is -2.94. The summed E-state index contributed by atoms with van der Waals surface area (Å²) in [6, 6.07) is 5.55. The van der Waals surface area contributed by atoms with Crippen molar-refractivity contribution in [1.29, 1.82) is 0 Å². The van der Waals surface area contributed by atoms with Gasteiger partial charge in [-0.1, -0.05) is 51.1 Å². The second-order valence-corrected chi connectivity index (χ2v) is 17.0. The van der Waals surface area contributed by atoms with Crippen LogP contribution in [0.4, 0.5) is 0 Å². The fourth-order valence-corrected chi connectivity index (χ4v) is 2.66. The molecule has 0 amide bonds. The molecular weight excluding hydrogens is 316 g/mol. The first kappa shape index (κ1) is 19.3. The zero-order valence-corrected chi connectivity index (χ0v) is 17.3. The Bertz CT molecular complexity index is 649. The maximum Gasteiger partial charge on any atom is 0.338 e. The minimum absolute atomic E-state index is 0.319. The Morgan fingerprint density at radius 2 is 1.35 bits per heavy atom. The molecule has 0 aliphatic carbocycles. The molecule has 0 spiro atoms. The molecule has 1 aromatic carbocycles. The van der Waals surface area contributed by atoms with Gasteiger partial charge in [-0.25, -0.2) is 4.79 Å². The second kappa shape index (κ2) is 7.68. The van der Waals surface area contributed by atoms with Crippen molar-refractivity contribution in [3.8, 4) is 22.9 Å². The van der Waals surface area contributed by atoms with Gasteiger partial charge < -0.3 is 4.74 Å². The predicted molar refractivity (Wildman–Crippen MR) is 103 cm³/mol. The van der Waals surface area contributed by atoms with Gasteiger partial charge in [0.2, 0.25) is 0 Å². The summed E-state index contributed by atoms with van der Waals surface area (Å²) in [5, 5.41) is 0. The van der Waals surface area contributed by atoms with Crippen LogP contribution in [0.5, 0.6) is 0 Å². The molecule has 0 aromatic heterocycles. The highest BCUT2D eigenvalue weighted by atomic mass is 28.3. The highest BCUT2D eigenvalue weighted by Crippen LogP contribution is 2.12. The van der Waals surface area contributed by atoms with Gasteiger partial charge in [0.05, 0.1) is 12.2 Å². The van der Waals surface area contributed by atoms with Crippen molar-refractivity contribution >= 4 is 22.1 Å². The maximum atomic E-state index is 12.1. The van der Waals surface area contributed by atoms with Crippen molar-refractivity contribution in [2.75, 3.05) is 6.61 Å². The normalized spacial score (nSPS) is 10.9. The number of hydrogen-bond acceptors (Lipinski definition) is 2. The van der Waals surface area contributed by atoms with Crippen molar-refractivity contribution in [2.24, 2.45) is 0 Å². The van der Waals surface area contributed by atoms with Gasteiger partial charge >= 0.3 is 5.97 Å². The molecule has 1 rings (SSSR count). The van der Waals surface area contributed by atoms with Crippen molar-refractivity contribution in [3.63, 3.8) is 0 Å². The molecule has 0 fully saturated rings. The molecule has 1 aromatic rings. The Morgan fingerprint density at radius 3 is 1.70 bits per heavy atom. The quantitative estimate of drug-likeness (QED) is 0.454. The van der Waals surface area contributed by atoms with E-state index in [1.165, 1.54) is 0 Å². The van der Waals surface area contributed by atoms with Crippen LogP contribution in [0.15, 0.2) is 18.2 Å². The van der Waals surface area contributed by atoms with Gasteiger partial charge in [0.25, 0.3) is 0 Å². The third-order valence-electron chi connectivity index (χ3n) is 2.61. The first-order valence-electron chi connectivity index (χ1n) is 7.89. The van der Waals surface area contributed by atoms with Crippen molar-refractivity contribution in [3.05, 3.63) is 34.9 Å². The van der Waals surface area contributed by atoms with E-state index in [0.717, 1.165) is 11.1 Å². The Balaban J connectivity index is 3.34. The second-order valence-electron chi connectivity index (χ2n) is 7.52. The van der Waals surface area contributed by atoms with Gasteiger partial charge in [0.15, 0.2) is 0 Å². The molecule has 0 aliphatic rings. The lowest BCUT2D eigenvalue weighted by Gasteiger charge is -2.06. The molecule has 0 radical (unpaired) electrons. The molecule has 0 N–H and O–H groups in total.